The number of piperidine rings is 1. The van der Waals surface area contributed by atoms with Crippen LogP contribution in [0.1, 0.15) is 38.4 Å². The molecule has 21 heavy (non-hydrogen) atoms. The van der Waals surface area contributed by atoms with E-state index < -0.39 is 0 Å². The first kappa shape index (κ1) is 14.1. The van der Waals surface area contributed by atoms with E-state index in [1.165, 1.54) is 0 Å². The fraction of sp³-hybridized carbons (Fsp3) is 0.471. The Hall–Kier alpha value is -1.81. The number of fused-ring (bicyclic) bond motifs is 1. The van der Waals surface area contributed by atoms with E-state index in [1.54, 1.807) is 0 Å². The van der Waals surface area contributed by atoms with E-state index in [9.17, 15) is 4.79 Å². The van der Waals surface area contributed by atoms with E-state index in [-0.39, 0.29) is 23.9 Å². The van der Waals surface area contributed by atoms with Gasteiger partial charge in [0.1, 0.15) is 11.3 Å². The van der Waals surface area contributed by atoms with Gasteiger partial charge in [0, 0.05) is 24.0 Å². The van der Waals surface area contributed by atoms with Gasteiger partial charge >= 0.3 is 0 Å². The standard InChI is InChI=1S/C17H22N2O2/c1-11-9-14(18)7-8-19(11)17(20)12(2)16-10-13-5-3-4-6-15(13)21-16/h3-6,10-12,14H,7-9,18H2,1-2H3/t11-,12+,14+/m1/s1. The molecule has 1 amide bonds. The number of rotatable bonds is 2. The average molecular weight is 286 g/mol. The van der Waals surface area contributed by atoms with Gasteiger partial charge in [-0.1, -0.05) is 18.2 Å². The summed E-state index contributed by atoms with van der Waals surface area (Å²) < 4.78 is 5.83. The molecule has 2 aromatic rings. The highest BCUT2D eigenvalue weighted by Gasteiger charge is 2.31. The highest BCUT2D eigenvalue weighted by atomic mass is 16.3. The fourth-order valence-electron chi connectivity index (χ4n) is 3.12. The van der Waals surface area contributed by atoms with Crippen LogP contribution < -0.4 is 5.73 Å². The second kappa shape index (κ2) is 5.53. The zero-order valence-corrected chi connectivity index (χ0v) is 12.6. The molecule has 0 saturated carbocycles. The molecule has 0 radical (unpaired) electrons. The maximum atomic E-state index is 12.7. The number of furan rings is 1. The van der Waals surface area contributed by atoms with E-state index in [4.69, 9.17) is 10.2 Å². The number of likely N-dealkylation sites (tertiary alicyclic amines) is 1. The molecular weight excluding hydrogens is 264 g/mol. The molecule has 0 spiro atoms. The molecule has 0 aliphatic carbocycles. The monoisotopic (exact) mass is 286 g/mol. The minimum atomic E-state index is -0.255. The second-order valence-electron chi connectivity index (χ2n) is 6.07. The van der Waals surface area contributed by atoms with Gasteiger partial charge in [-0.05, 0) is 38.8 Å². The maximum Gasteiger partial charge on any atom is 0.233 e. The zero-order valence-electron chi connectivity index (χ0n) is 12.6. The van der Waals surface area contributed by atoms with Crippen LogP contribution in [-0.2, 0) is 4.79 Å². The van der Waals surface area contributed by atoms with E-state index in [2.05, 4.69) is 6.92 Å². The van der Waals surface area contributed by atoms with Crippen molar-refractivity contribution in [3.05, 3.63) is 36.1 Å². The molecule has 1 aromatic heterocycles. The van der Waals surface area contributed by atoms with Crippen LogP contribution in [0.4, 0.5) is 0 Å². The van der Waals surface area contributed by atoms with Gasteiger partial charge in [0.2, 0.25) is 5.91 Å². The summed E-state index contributed by atoms with van der Waals surface area (Å²) in [5, 5.41) is 1.04. The molecule has 1 aliphatic heterocycles. The summed E-state index contributed by atoms with van der Waals surface area (Å²) in [7, 11) is 0. The van der Waals surface area contributed by atoms with E-state index in [0.29, 0.717) is 0 Å². The molecule has 112 valence electrons. The number of hydrogen-bond donors (Lipinski definition) is 1. The molecule has 2 heterocycles. The van der Waals surface area contributed by atoms with Gasteiger partial charge in [-0.25, -0.2) is 0 Å². The molecule has 3 rings (SSSR count). The van der Waals surface area contributed by atoms with Crippen molar-refractivity contribution >= 4 is 16.9 Å². The molecule has 3 atom stereocenters. The van der Waals surface area contributed by atoms with Crippen molar-refractivity contribution in [1.82, 2.24) is 4.90 Å². The first-order valence-electron chi connectivity index (χ1n) is 7.61. The van der Waals surface area contributed by atoms with Crippen LogP contribution in [0.15, 0.2) is 34.7 Å². The van der Waals surface area contributed by atoms with Crippen LogP contribution >= 0.6 is 0 Å². The van der Waals surface area contributed by atoms with Crippen LogP contribution in [0.25, 0.3) is 11.0 Å². The summed E-state index contributed by atoms with van der Waals surface area (Å²) in [5.74, 6) is 0.617. The summed E-state index contributed by atoms with van der Waals surface area (Å²) in [6.45, 7) is 4.73. The Bertz CT molecular complexity index is 616. The Morgan fingerprint density at radius 2 is 2.19 bits per heavy atom. The Balaban J connectivity index is 1.80. The van der Waals surface area contributed by atoms with Gasteiger partial charge < -0.3 is 15.1 Å². The molecule has 2 N–H and O–H groups in total. The van der Waals surface area contributed by atoms with Gasteiger partial charge in [0.05, 0.1) is 5.92 Å². The summed E-state index contributed by atoms with van der Waals surface area (Å²) in [5.41, 5.74) is 6.80. The van der Waals surface area contributed by atoms with Gasteiger partial charge in [-0.2, -0.15) is 0 Å². The predicted octanol–water partition coefficient (Wildman–Crippen LogP) is 2.87. The number of amides is 1. The average Bonchev–Trinajstić information content (AvgIpc) is 2.89. The number of carbonyl (C=O) groups is 1. The Labute approximate surface area is 124 Å². The summed E-state index contributed by atoms with van der Waals surface area (Å²) >= 11 is 0. The van der Waals surface area contributed by atoms with Gasteiger partial charge in [0.15, 0.2) is 0 Å². The minimum Gasteiger partial charge on any atom is -0.460 e. The number of para-hydroxylation sites is 1. The lowest BCUT2D eigenvalue weighted by atomic mass is 9.96. The summed E-state index contributed by atoms with van der Waals surface area (Å²) in [6.07, 6.45) is 1.75. The van der Waals surface area contributed by atoms with Gasteiger partial charge in [0.25, 0.3) is 0 Å². The normalized spacial score (nSPS) is 24.2. The van der Waals surface area contributed by atoms with Crippen molar-refractivity contribution < 1.29 is 9.21 Å². The minimum absolute atomic E-state index is 0.133. The van der Waals surface area contributed by atoms with Crippen molar-refractivity contribution in [3.8, 4) is 0 Å². The lowest BCUT2D eigenvalue weighted by molar-refractivity contribution is -0.136. The predicted molar refractivity (Wildman–Crippen MR) is 83.0 cm³/mol. The fourth-order valence-corrected chi connectivity index (χ4v) is 3.12. The highest BCUT2D eigenvalue weighted by Crippen LogP contribution is 2.28. The maximum absolute atomic E-state index is 12.7. The topological polar surface area (TPSA) is 59.5 Å². The summed E-state index contributed by atoms with van der Waals surface area (Å²) in [6, 6.07) is 10.2. The van der Waals surface area contributed by atoms with Crippen molar-refractivity contribution in [1.29, 1.82) is 0 Å². The van der Waals surface area contributed by atoms with Crippen molar-refractivity contribution in [3.63, 3.8) is 0 Å². The van der Waals surface area contributed by atoms with E-state index in [0.717, 1.165) is 36.1 Å². The van der Waals surface area contributed by atoms with Crippen LogP contribution in [0.5, 0.6) is 0 Å². The number of nitrogens with zero attached hydrogens (tertiary/aromatic N) is 1. The molecule has 1 aliphatic rings. The highest BCUT2D eigenvalue weighted by molar-refractivity contribution is 5.85. The van der Waals surface area contributed by atoms with Crippen molar-refractivity contribution in [2.24, 2.45) is 5.73 Å². The first-order valence-corrected chi connectivity index (χ1v) is 7.61. The van der Waals surface area contributed by atoms with E-state index >= 15 is 0 Å². The third-order valence-electron chi connectivity index (χ3n) is 4.44. The van der Waals surface area contributed by atoms with Crippen LogP contribution in [0, 0.1) is 0 Å². The van der Waals surface area contributed by atoms with Crippen LogP contribution in [-0.4, -0.2) is 29.4 Å². The number of hydrogen-bond acceptors (Lipinski definition) is 3. The second-order valence-corrected chi connectivity index (χ2v) is 6.07. The molecule has 1 fully saturated rings. The smallest absolute Gasteiger partial charge is 0.233 e. The lowest BCUT2D eigenvalue weighted by Crippen LogP contribution is -2.49. The molecule has 1 aromatic carbocycles. The Morgan fingerprint density at radius 3 is 2.90 bits per heavy atom. The number of nitrogens with two attached hydrogens (primary N) is 1. The van der Waals surface area contributed by atoms with Gasteiger partial charge in [-0.15, -0.1) is 0 Å². The summed E-state index contributed by atoms with van der Waals surface area (Å²) in [4.78, 5) is 14.7. The lowest BCUT2D eigenvalue weighted by Gasteiger charge is -2.37. The van der Waals surface area contributed by atoms with Crippen LogP contribution in [0.3, 0.4) is 0 Å². The van der Waals surface area contributed by atoms with E-state index in [1.807, 2.05) is 42.2 Å². The Kier molecular flexibility index (Phi) is 3.72. The third kappa shape index (κ3) is 2.68. The van der Waals surface area contributed by atoms with Crippen LogP contribution in [0.2, 0.25) is 0 Å². The molecular formula is C17H22N2O2. The third-order valence-corrected chi connectivity index (χ3v) is 4.44. The molecule has 0 unspecified atom stereocenters. The SMILES string of the molecule is C[C@H](C(=O)N1CC[C@H](N)C[C@H]1C)c1cc2ccccc2o1. The molecule has 1 saturated heterocycles. The van der Waals surface area contributed by atoms with Gasteiger partial charge in [-0.3, -0.25) is 4.79 Å². The number of carbonyl (C=O) groups excluding carboxylic acids is 1. The van der Waals surface area contributed by atoms with Crippen molar-refractivity contribution in [2.75, 3.05) is 6.54 Å². The first-order chi connectivity index (χ1) is 10.1. The number of benzene rings is 1. The van der Waals surface area contributed by atoms with Crippen molar-refractivity contribution in [2.45, 2.75) is 44.7 Å². The largest absolute Gasteiger partial charge is 0.460 e. The Morgan fingerprint density at radius 1 is 1.43 bits per heavy atom. The quantitative estimate of drug-likeness (QED) is 0.923. The molecule has 0 bridgehead atoms. The molecule has 4 heteroatoms. The zero-order chi connectivity index (χ0) is 15.0. The molecule has 4 nitrogen and oxygen atoms in total.